The van der Waals surface area contributed by atoms with Crippen molar-refractivity contribution in [2.75, 3.05) is 12.8 Å². The first-order valence-electron chi connectivity index (χ1n) is 7.63. The molecule has 3 rings (SSSR count). The molecule has 1 heterocycles. The number of nitrogens with two attached hydrogens (primary N) is 1. The number of aliphatic hydroxyl groups is 1. The number of ether oxygens (including phenoxy) is 1. The number of aliphatic carboxylic acids is 1. The molecule has 1 aliphatic carbocycles. The van der Waals surface area contributed by atoms with E-state index in [0.717, 1.165) is 42.1 Å². The molecule has 0 radical (unpaired) electrons. The van der Waals surface area contributed by atoms with Crippen LogP contribution in [0.2, 0.25) is 0 Å². The summed E-state index contributed by atoms with van der Waals surface area (Å²) in [7, 11) is 1.68. The molecule has 1 aromatic heterocycles. The van der Waals surface area contributed by atoms with Gasteiger partial charge in [0, 0.05) is 18.1 Å². The van der Waals surface area contributed by atoms with E-state index in [0.29, 0.717) is 0 Å². The van der Waals surface area contributed by atoms with Crippen molar-refractivity contribution in [3.8, 4) is 5.75 Å². The first-order valence-corrected chi connectivity index (χ1v) is 7.63. The van der Waals surface area contributed by atoms with Crippen LogP contribution >= 0.6 is 0 Å². The Balaban J connectivity index is 0.000000277. The van der Waals surface area contributed by atoms with Crippen molar-refractivity contribution in [2.24, 2.45) is 0 Å². The van der Waals surface area contributed by atoms with Gasteiger partial charge < -0.3 is 25.5 Å². The Labute approximate surface area is 134 Å². The Kier molecular flexibility index (Phi) is 5.39. The number of nitrogen functional groups attached to an aromatic ring is 1. The number of carbonyl (C=O) groups excluding carboxylic acids is 1. The van der Waals surface area contributed by atoms with E-state index in [1.54, 1.807) is 7.11 Å². The SMILES string of the molecule is CC(O)C(=O)[O-].COc1ccc2[nH+]c3c(c(N)c2c1)CCCC3. The second kappa shape index (κ2) is 7.28. The fourth-order valence-corrected chi connectivity index (χ4v) is 2.65. The summed E-state index contributed by atoms with van der Waals surface area (Å²) in [5, 5.41) is 18.4. The van der Waals surface area contributed by atoms with Gasteiger partial charge in [0.1, 0.15) is 5.75 Å². The molecule has 0 fully saturated rings. The van der Waals surface area contributed by atoms with Gasteiger partial charge in [0.25, 0.3) is 0 Å². The molecule has 1 unspecified atom stereocenters. The molecule has 6 heteroatoms. The summed E-state index contributed by atoms with van der Waals surface area (Å²) in [4.78, 5) is 12.8. The van der Waals surface area contributed by atoms with Crippen LogP contribution in [-0.2, 0) is 17.6 Å². The van der Waals surface area contributed by atoms with E-state index in [1.807, 2.05) is 18.2 Å². The maximum Gasteiger partial charge on any atom is 0.213 e. The second-order valence-electron chi connectivity index (χ2n) is 5.61. The fraction of sp³-hybridized carbons (Fsp3) is 0.412. The Hall–Kier alpha value is -2.34. The molecule has 1 aliphatic rings. The normalized spacial score (nSPS) is 14.4. The van der Waals surface area contributed by atoms with E-state index < -0.39 is 12.1 Å². The van der Waals surface area contributed by atoms with Gasteiger partial charge in [0.15, 0.2) is 5.69 Å². The van der Waals surface area contributed by atoms with Gasteiger partial charge in [0.05, 0.1) is 30.3 Å². The van der Waals surface area contributed by atoms with Gasteiger partial charge >= 0.3 is 0 Å². The number of nitrogens with one attached hydrogen (secondary N) is 1. The summed E-state index contributed by atoms with van der Waals surface area (Å²) in [5.74, 6) is -0.580. The highest BCUT2D eigenvalue weighted by Gasteiger charge is 2.21. The number of aliphatic hydroxyl groups excluding tert-OH is 1. The predicted octanol–water partition coefficient (Wildman–Crippen LogP) is 0.241. The van der Waals surface area contributed by atoms with Crippen LogP contribution in [0.1, 0.15) is 31.0 Å². The average Bonchev–Trinajstić information content (AvgIpc) is 2.55. The zero-order valence-electron chi connectivity index (χ0n) is 13.4. The zero-order valence-corrected chi connectivity index (χ0v) is 13.4. The minimum absolute atomic E-state index is 0.855. The van der Waals surface area contributed by atoms with Crippen LogP contribution in [0, 0.1) is 0 Å². The minimum Gasteiger partial charge on any atom is -0.547 e. The third-order valence-electron chi connectivity index (χ3n) is 3.94. The highest BCUT2D eigenvalue weighted by atomic mass is 16.5. The first-order chi connectivity index (χ1) is 10.9. The van der Waals surface area contributed by atoms with Gasteiger partial charge in [-0.3, -0.25) is 0 Å². The monoisotopic (exact) mass is 318 g/mol. The molecule has 1 aromatic carbocycles. The van der Waals surface area contributed by atoms with Crippen LogP contribution in [0.4, 0.5) is 5.69 Å². The van der Waals surface area contributed by atoms with Gasteiger partial charge in [-0.15, -0.1) is 0 Å². The van der Waals surface area contributed by atoms with Crippen LogP contribution in [0.15, 0.2) is 18.2 Å². The maximum atomic E-state index is 9.34. The maximum absolute atomic E-state index is 9.34. The number of aryl methyl sites for hydroxylation is 1. The first kappa shape index (κ1) is 17.0. The number of H-pyrrole nitrogens is 1. The van der Waals surface area contributed by atoms with E-state index in [1.165, 1.54) is 24.1 Å². The Bertz CT molecular complexity index is 713. The highest BCUT2D eigenvalue weighted by Crippen LogP contribution is 2.30. The number of carboxylic acids is 1. The van der Waals surface area contributed by atoms with Crippen molar-refractivity contribution in [3.63, 3.8) is 0 Å². The minimum atomic E-state index is -1.44. The van der Waals surface area contributed by atoms with E-state index in [-0.39, 0.29) is 0 Å². The lowest BCUT2D eigenvalue weighted by Crippen LogP contribution is -2.32. The van der Waals surface area contributed by atoms with E-state index in [9.17, 15) is 9.90 Å². The lowest BCUT2D eigenvalue weighted by atomic mass is 9.93. The van der Waals surface area contributed by atoms with Crippen LogP contribution in [-0.4, -0.2) is 24.3 Å². The Morgan fingerprint density at radius 1 is 1.39 bits per heavy atom. The number of aromatic amines is 1. The van der Waals surface area contributed by atoms with Crippen molar-refractivity contribution in [2.45, 2.75) is 38.7 Å². The summed E-state index contributed by atoms with van der Waals surface area (Å²) in [6, 6.07) is 6.02. The van der Waals surface area contributed by atoms with E-state index >= 15 is 0 Å². The number of pyridine rings is 1. The molecular weight excluding hydrogens is 296 g/mol. The van der Waals surface area contributed by atoms with Gasteiger partial charge in [-0.1, -0.05) is 0 Å². The number of anilines is 1. The topological polar surface area (TPSA) is 110 Å². The summed E-state index contributed by atoms with van der Waals surface area (Å²) in [5.41, 5.74) is 10.9. The number of hydrogen-bond donors (Lipinski definition) is 2. The molecule has 1 atom stereocenters. The quantitative estimate of drug-likeness (QED) is 0.824. The molecule has 124 valence electrons. The van der Waals surface area contributed by atoms with Gasteiger partial charge in [0.2, 0.25) is 5.52 Å². The number of benzene rings is 1. The fourth-order valence-electron chi connectivity index (χ4n) is 2.65. The van der Waals surface area contributed by atoms with Crippen molar-refractivity contribution in [1.82, 2.24) is 0 Å². The van der Waals surface area contributed by atoms with Crippen molar-refractivity contribution >= 4 is 22.6 Å². The molecule has 6 nitrogen and oxygen atoms in total. The summed E-state index contributed by atoms with van der Waals surface area (Å²) in [6.45, 7) is 1.13. The predicted molar refractivity (Wildman–Crippen MR) is 84.8 cm³/mol. The van der Waals surface area contributed by atoms with E-state index in [2.05, 4.69) is 4.98 Å². The molecule has 0 amide bonds. The second-order valence-corrected chi connectivity index (χ2v) is 5.61. The lowest BCUT2D eigenvalue weighted by Gasteiger charge is -2.14. The average molecular weight is 318 g/mol. The number of aromatic nitrogens is 1. The van der Waals surface area contributed by atoms with Gasteiger partial charge in [-0.2, -0.15) is 0 Å². The summed E-state index contributed by atoms with van der Waals surface area (Å²) >= 11 is 0. The third kappa shape index (κ3) is 3.90. The molecular formula is C17H22N2O4. The number of rotatable bonds is 2. The van der Waals surface area contributed by atoms with Crippen molar-refractivity contribution in [3.05, 3.63) is 29.5 Å². The van der Waals surface area contributed by atoms with Gasteiger partial charge in [-0.25, -0.2) is 4.98 Å². The Morgan fingerprint density at radius 3 is 2.65 bits per heavy atom. The molecule has 2 aromatic rings. The number of carbonyl (C=O) groups is 1. The largest absolute Gasteiger partial charge is 0.547 e. The molecule has 0 saturated carbocycles. The Morgan fingerprint density at radius 2 is 2.04 bits per heavy atom. The number of methoxy groups -OCH3 is 1. The molecule has 0 spiro atoms. The summed E-state index contributed by atoms with van der Waals surface area (Å²) in [6.07, 6.45) is 3.35. The molecule has 0 bridgehead atoms. The van der Waals surface area contributed by atoms with Crippen LogP contribution in [0.5, 0.6) is 5.75 Å². The number of carboxylic acid groups (broad SMARTS) is 1. The number of hydrogen-bond acceptors (Lipinski definition) is 5. The van der Waals surface area contributed by atoms with E-state index in [4.69, 9.17) is 15.6 Å². The number of fused-ring (bicyclic) bond motifs is 2. The lowest BCUT2D eigenvalue weighted by molar-refractivity contribution is -0.359. The van der Waals surface area contributed by atoms with Crippen molar-refractivity contribution < 1.29 is 24.7 Å². The van der Waals surface area contributed by atoms with Gasteiger partial charge in [-0.05, 0) is 38.3 Å². The standard InChI is InChI=1S/C14H16N2O.C3H6O3/c1-17-9-6-7-13-11(8-9)14(15)10-4-2-3-5-12(10)16-13;1-2(4)3(5)6/h6-8H,2-5H2,1H3,(H2,15,16);2,4H,1H3,(H,5,6). The van der Waals surface area contributed by atoms with Crippen LogP contribution in [0.3, 0.4) is 0 Å². The van der Waals surface area contributed by atoms with Crippen molar-refractivity contribution in [1.29, 1.82) is 0 Å². The molecule has 23 heavy (non-hydrogen) atoms. The highest BCUT2D eigenvalue weighted by molar-refractivity contribution is 5.90. The van der Waals surface area contributed by atoms with Crippen LogP contribution < -0.4 is 20.6 Å². The third-order valence-corrected chi connectivity index (χ3v) is 3.94. The molecule has 0 aliphatic heterocycles. The smallest absolute Gasteiger partial charge is 0.213 e. The zero-order chi connectivity index (χ0) is 17.0. The molecule has 0 saturated heterocycles. The summed E-state index contributed by atoms with van der Waals surface area (Å²) < 4.78 is 5.25. The molecule has 4 N–H and O–H groups in total. The van der Waals surface area contributed by atoms with Crippen LogP contribution in [0.25, 0.3) is 10.9 Å².